The van der Waals surface area contributed by atoms with Crippen molar-refractivity contribution in [2.75, 3.05) is 32.8 Å². The van der Waals surface area contributed by atoms with Crippen molar-refractivity contribution >= 4 is 0 Å². The van der Waals surface area contributed by atoms with E-state index in [2.05, 4.69) is 27.5 Å². The Morgan fingerprint density at radius 1 is 1.35 bits per heavy atom. The largest absolute Gasteiger partial charge is 0.396 e. The maximum absolute atomic E-state index is 8.77. The summed E-state index contributed by atoms with van der Waals surface area (Å²) in [6.45, 7) is 8.63. The summed E-state index contributed by atoms with van der Waals surface area (Å²) in [6, 6.07) is 0. The van der Waals surface area contributed by atoms with E-state index in [0.29, 0.717) is 0 Å². The fourth-order valence-corrected chi connectivity index (χ4v) is 2.50. The second-order valence-corrected chi connectivity index (χ2v) is 5.75. The first kappa shape index (κ1) is 15.4. The average Bonchev–Trinajstić information content (AvgIpc) is 2.91. The van der Waals surface area contributed by atoms with Gasteiger partial charge in [0, 0.05) is 39.0 Å². The molecule has 1 aliphatic rings. The number of aliphatic hydroxyl groups is 1. The lowest BCUT2D eigenvalue weighted by Crippen LogP contribution is -2.37. The molecule has 0 amide bonds. The van der Waals surface area contributed by atoms with E-state index in [4.69, 9.17) is 5.11 Å². The Labute approximate surface area is 121 Å². The smallest absolute Gasteiger partial charge is 0.0964 e. The number of piperidine rings is 1. The second-order valence-electron chi connectivity index (χ2n) is 5.75. The van der Waals surface area contributed by atoms with Crippen molar-refractivity contribution in [1.29, 1.82) is 0 Å². The van der Waals surface area contributed by atoms with E-state index < -0.39 is 0 Å². The number of aryl methyl sites for hydroxylation is 1. The number of likely N-dealkylation sites (tertiary alicyclic amines) is 1. The van der Waals surface area contributed by atoms with Gasteiger partial charge in [0.1, 0.15) is 0 Å². The molecule has 0 bridgehead atoms. The summed E-state index contributed by atoms with van der Waals surface area (Å²) in [5.74, 6) is 0.896. The molecule has 0 atom stereocenters. The molecule has 114 valence electrons. The Bertz CT molecular complexity index is 373. The topological polar surface area (TPSA) is 66.2 Å². The van der Waals surface area contributed by atoms with Crippen LogP contribution in [0.5, 0.6) is 0 Å². The van der Waals surface area contributed by atoms with Crippen LogP contribution in [0.3, 0.4) is 0 Å². The van der Waals surface area contributed by atoms with Gasteiger partial charge in [0.15, 0.2) is 0 Å². The van der Waals surface area contributed by atoms with E-state index in [-0.39, 0.29) is 6.61 Å². The van der Waals surface area contributed by atoms with E-state index in [1.165, 1.54) is 25.9 Å². The summed E-state index contributed by atoms with van der Waals surface area (Å²) in [5, 5.41) is 20.3. The zero-order valence-corrected chi connectivity index (χ0v) is 12.5. The van der Waals surface area contributed by atoms with Gasteiger partial charge in [-0.05, 0) is 38.3 Å². The minimum absolute atomic E-state index is 0.196. The SMILES string of the molecule is CC1CCN(CCNCc2cn(CCCO)nn2)CC1. The Morgan fingerprint density at radius 3 is 2.90 bits per heavy atom. The van der Waals surface area contributed by atoms with E-state index in [1.54, 1.807) is 4.68 Å². The van der Waals surface area contributed by atoms with Crippen molar-refractivity contribution in [3.05, 3.63) is 11.9 Å². The zero-order valence-electron chi connectivity index (χ0n) is 12.5. The van der Waals surface area contributed by atoms with E-state index in [9.17, 15) is 0 Å². The molecule has 1 aromatic heterocycles. The quantitative estimate of drug-likeness (QED) is 0.679. The summed E-state index contributed by atoms with van der Waals surface area (Å²) >= 11 is 0. The Kier molecular flexibility index (Phi) is 6.42. The van der Waals surface area contributed by atoms with Crippen LogP contribution in [0.1, 0.15) is 31.9 Å². The number of nitrogens with one attached hydrogen (secondary N) is 1. The Morgan fingerprint density at radius 2 is 2.15 bits per heavy atom. The zero-order chi connectivity index (χ0) is 14.2. The molecule has 0 spiro atoms. The first-order chi connectivity index (χ1) is 9.78. The molecule has 0 unspecified atom stereocenters. The second kappa shape index (κ2) is 8.34. The molecule has 1 saturated heterocycles. The highest BCUT2D eigenvalue weighted by Crippen LogP contribution is 2.15. The average molecular weight is 281 g/mol. The van der Waals surface area contributed by atoms with Crippen LogP contribution in [0.25, 0.3) is 0 Å². The molecule has 1 aliphatic heterocycles. The third-order valence-corrected chi connectivity index (χ3v) is 3.92. The van der Waals surface area contributed by atoms with E-state index in [1.807, 2.05) is 6.20 Å². The maximum atomic E-state index is 8.77. The van der Waals surface area contributed by atoms with Crippen LogP contribution in [-0.2, 0) is 13.1 Å². The Hall–Kier alpha value is -0.980. The van der Waals surface area contributed by atoms with Crippen LogP contribution < -0.4 is 5.32 Å². The monoisotopic (exact) mass is 281 g/mol. The van der Waals surface area contributed by atoms with Crippen LogP contribution in [-0.4, -0.2) is 57.8 Å². The highest BCUT2D eigenvalue weighted by atomic mass is 16.3. The Balaban J connectivity index is 1.57. The molecule has 6 nitrogen and oxygen atoms in total. The van der Waals surface area contributed by atoms with Gasteiger partial charge in [0.2, 0.25) is 0 Å². The lowest BCUT2D eigenvalue weighted by atomic mass is 9.99. The van der Waals surface area contributed by atoms with Gasteiger partial charge >= 0.3 is 0 Å². The van der Waals surface area contributed by atoms with Gasteiger partial charge in [-0.2, -0.15) is 0 Å². The standard InChI is InChI=1S/C14H27N5O/c1-13-3-7-18(8-4-13)9-5-15-11-14-12-19(17-16-14)6-2-10-20/h12-13,15,20H,2-11H2,1H3. The van der Waals surface area contributed by atoms with E-state index in [0.717, 1.165) is 44.2 Å². The fraction of sp³-hybridized carbons (Fsp3) is 0.857. The molecule has 2 N–H and O–H groups in total. The number of aliphatic hydroxyl groups excluding tert-OH is 1. The first-order valence-corrected chi connectivity index (χ1v) is 7.71. The van der Waals surface area contributed by atoms with Crippen molar-refractivity contribution in [2.45, 2.75) is 39.3 Å². The summed E-state index contributed by atoms with van der Waals surface area (Å²) in [7, 11) is 0. The van der Waals surface area contributed by atoms with Crippen LogP contribution in [0.2, 0.25) is 0 Å². The van der Waals surface area contributed by atoms with Crippen LogP contribution in [0.4, 0.5) is 0 Å². The van der Waals surface area contributed by atoms with Gasteiger partial charge in [0.25, 0.3) is 0 Å². The summed E-state index contributed by atoms with van der Waals surface area (Å²) in [6.07, 6.45) is 5.34. The number of aromatic nitrogens is 3. The number of rotatable bonds is 8. The third-order valence-electron chi connectivity index (χ3n) is 3.92. The van der Waals surface area contributed by atoms with Crippen molar-refractivity contribution in [1.82, 2.24) is 25.2 Å². The van der Waals surface area contributed by atoms with Gasteiger partial charge in [-0.1, -0.05) is 12.1 Å². The van der Waals surface area contributed by atoms with Gasteiger partial charge in [0.05, 0.1) is 5.69 Å². The van der Waals surface area contributed by atoms with Crippen molar-refractivity contribution < 1.29 is 5.11 Å². The van der Waals surface area contributed by atoms with E-state index >= 15 is 0 Å². The summed E-state index contributed by atoms with van der Waals surface area (Å²) in [5.41, 5.74) is 0.968. The minimum atomic E-state index is 0.196. The summed E-state index contributed by atoms with van der Waals surface area (Å²) < 4.78 is 1.79. The van der Waals surface area contributed by atoms with Crippen LogP contribution in [0, 0.1) is 5.92 Å². The lowest BCUT2D eigenvalue weighted by Gasteiger charge is -2.30. The predicted molar refractivity (Wildman–Crippen MR) is 78.3 cm³/mol. The molecule has 0 aliphatic carbocycles. The number of nitrogens with zero attached hydrogens (tertiary/aromatic N) is 4. The molecule has 0 radical (unpaired) electrons. The molecule has 6 heteroatoms. The summed E-state index contributed by atoms with van der Waals surface area (Å²) in [4.78, 5) is 2.53. The normalized spacial score (nSPS) is 17.7. The van der Waals surface area contributed by atoms with Crippen molar-refractivity contribution in [3.8, 4) is 0 Å². The fourth-order valence-electron chi connectivity index (χ4n) is 2.50. The minimum Gasteiger partial charge on any atom is -0.396 e. The van der Waals surface area contributed by atoms with Crippen molar-refractivity contribution in [3.63, 3.8) is 0 Å². The molecular formula is C14H27N5O. The molecule has 20 heavy (non-hydrogen) atoms. The lowest BCUT2D eigenvalue weighted by molar-refractivity contribution is 0.193. The van der Waals surface area contributed by atoms with Crippen LogP contribution in [0.15, 0.2) is 6.20 Å². The molecule has 0 aromatic carbocycles. The van der Waals surface area contributed by atoms with Gasteiger partial charge < -0.3 is 15.3 Å². The number of hydrogen-bond acceptors (Lipinski definition) is 5. The van der Waals surface area contributed by atoms with Crippen molar-refractivity contribution in [2.24, 2.45) is 5.92 Å². The molecule has 1 fully saturated rings. The third kappa shape index (κ3) is 5.19. The highest BCUT2D eigenvalue weighted by Gasteiger charge is 2.14. The first-order valence-electron chi connectivity index (χ1n) is 7.71. The van der Waals surface area contributed by atoms with Gasteiger partial charge in [-0.25, -0.2) is 0 Å². The predicted octanol–water partition coefficient (Wildman–Crippen LogP) is 0.482. The molecule has 1 aromatic rings. The number of hydrogen-bond donors (Lipinski definition) is 2. The molecule has 2 rings (SSSR count). The molecule has 0 saturated carbocycles. The molecular weight excluding hydrogens is 254 g/mol. The molecule has 2 heterocycles. The van der Waals surface area contributed by atoms with Gasteiger partial charge in [-0.3, -0.25) is 4.68 Å². The van der Waals surface area contributed by atoms with Crippen LogP contribution >= 0.6 is 0 Å². The maximum Gasteiger partial charge on any atom is 0.0964 e. The highest BCUT2D eigenvalue weighted by molar-refractivity contribution is 4.91. The van der Waals surface area contributed by atoms with Gasteiger partial charge in [-0.15, -0.1) is 5.10 Å².